The zero-order valence-corrected chi connectivity index (χ0v) is 39.1. The second-order valence-electron chi connectivity index (χ2n) is 13.7. The fraction of sp³-hybridized carbons (Fsp3) is 0.656. The first kappa shape index (κ1) is 52.7. The molecule has 3 rings (SSSR count). The van der Waals surface area contributed by atoms with Gasteiger partial charge >= 0.3 is 29.4 Å². The maximum absolute atomic E-state index is 13.1. The Bertz CT molecular complexity index is 2070. The molecule has 0 spiro atoms. The predicted octanol–water partition coefficient (Wildman–Crippen LogP) is 4.10. The van der Waals surface area contributed by atoms with Gasteiger partial charge in [-0.3, -0.25) is 18.9 Å². The van der Waals surface area contributed by atoms with E-state index in [1.165, 1.54) is 19.2 Å². The lowest BCUT2D eigenvalue weighted by atomic mass is 10.1. The van der Waals surface area contributed by atoms with Crippen LogP contribution >= 0.6 is 45.1 Å². The highest BCUT2D eigenvalue weighted by atomic mass is 33.1. The van der Waals surface area contributed by atoms with Gasteiger partial charge in [0.2, 0.25) is 5.91 Å². The zero-order valence-electron chi connectivity index (χ0n) is 33.2. The zero-order chi connectivity index (χ0) is 44.7. The Balaban J connectivity index is 1.53. The average molecular weight is 985 g/mol. The fourth-order valence-corrected chi connectivity index (χ4v) is 11.3. The van der Waals surface area contributed by atoms with Gasteiger partial charge in [0.05, 0.1) is 48.3 Å². The lowest BCUT2D eigenvalue weighted by molar-refractivity contribution is -0.141. The Labute approximate surface area is 361 Å². The fourth-order valence-electron chi connectivity index (χ4n) is 5.46. The molecule has 1 fully saturated rings. The first-order valence-corrected chi connectivity index (χ1v) is 27.7. The minimum atomic E-state index is -5.75. The number of phosphoric acid groups is 3. The van der Waals surface area contributed by atoms with E-state index in [-0.39, 0.29) is 52.3 Å². The Kier molecular flexibility index (Phi) is 21.4. The molecule has 0 radical (unpaired) electrons. The number of H-pyrrole nitrogens is 1. The molecule has 1 amide bonds. The Hall–Kier alpha value is -1.65. The van der Waals surface area contributed by atoms with Crippen LogP contribution in [0.25, 0.3) is 10.9 Å². The quantitative estimate of drug-likeness (QED) is 0.0174. The summed E-state index contributed by atoms with van der Waals surface area (Å²) in [5.74, 6) is 5.96. The molecule has 1 aliphatic heterocycles. The summed E-state index contributed by atoms with van der Waals surface area (Å²) in [7, 11) is -14.1. The van der Waals surface area contributed by atoms with Crippen molar-refractivity contribution in [2.24, 2.45) is 0 Å². The van der Waals surface area contributed by atoms with Gasteiger partial charge in [0.1, 0.15) is 24.1 Å². The van der Waals surface area contributed by atoms with E-state index < -0.39 is 63.5 Å². The maximum atomic E-state index is 13.1. The van der Waals surface area contributed by atoms with E-state index in [1.54, 1.807) is 32.4 Å². The molecule has 0 aromatic carbocycles. The summed E-state index contributed by atoms with van der Waals surface area (Å²) in [5.41, 5.74) is 6.01. The van der Waals surface area contributed by atoms with Crippen LogP contribution in [0.5, 0.6) is 0 Å². The van der Waals surface area contributed by atoms with Crippen molar-refractivity contribution in [1.82, 2.24) is 14.9 Å². The van der Waals surface area contributed by atoms with Crippen LogP contribution < -0.4 is 16.6 Å². The van der Waals surface area contributed by atoms with E-state index in [1.807, 2.05) is 0 Å². The topological polar surface area (TPSA) is 307 Å². The van der Waals surface area contributed by atoms with Gasteiger partial charge in [-0.25, -0.2) is 13.7 Å². The molecule has 0 bridgehead atoms. The molecule has 3 heterocycles. The largest absolute Gasteiger partial charge is 0.490 e. The molecule has 2 aromatic rings. The number of anilines is 1. The lowest BCUT2D eigenvalue weighted by Crippen LogP contribution is -2.29. The van der Waals surface area contributed by atoms with E-state index in [0.717, 1.165) is 25.7 Å². The number of nitrogen functional groups attached to an aromatic ring is 1. The van der Waals surface area contributed by atoms with Gasteiger partial charge in [0, 0.05) is 43.4 Å². The van der Waals surface area contributed by atoms with E-state index in [0.29, 0.717) is 37.5 Å². The van der Waals surface area contributed by atoms with E-state index in [4.69, 9.17) is 50.2 Å². The number of fused-ring (bicyclic) bond motifs is 1. The van der Waals surface area contributed by atoms with Crippen molar-refractivity contribution in [3.8, 4) is 11.8 Å². The monoisotopic (exact) mass is 984 g/mol. The molecule has 6 atom stereocenters. The highest BCUT2D eigenvalue weighted by Gasteiger charge is 2.43. The number of amides is 1. The minimum absolute atomic E-state index is 0.00101. The third kappa shape index (κ3) is 19.8. The average Bonchev–Trinajstić information content (AvgIpc) is 3.68. The standard InChI is InChI=1S/C32H51N4O17P3S4/c1-22(37)48-15-12-32(2,3)59-58-20-47-14-8-6-5-7-11-28(38)34-13-9-10-23-18-36(24-16-27(33)35-31(39)30(23)24)29-17-25(49-21-60(4)57)26(51-29)19-50-55(43,44)53-56(45,46)52-54(40,41)42/h16,18,25-26,29H,5-8,11-15,17,19-21H2,1-4H3,(H,34,38)(H,43,44)(H,45,46)(H3,33,35,39)(H2,40,41,42)/t25-,26-,29-,60?/m1/s1. The van der Waals surface area contributed by atoms with Crippen LogP contribution in [0.4, 0.5) is 5.82 Å². The normalized spacial score (nSPS) is 19.6. The van der Waals surface area contributed by atoms with Crippen LogP contribution in [0.3, 0.4) is 0 Å². The molecule has 340 valence electrons. The summed E-state index contributed by atoms with van der Waals surface area (Å²) >= 11 is 5.21. The number of nitrogens with zero attached hydrogens (tertiary/aromatic N) is 1. The Morgan fingerprint density at radius 1 is 1.13 bits per heavy atom. The molecule has 28 heteroatoms. The van der Waals surface area contributed by atoms with Gasteiger partial charge in [-0.1, -0.05) is 55.7 Å². The van der Waals surface area contributed by atoms with Gasteiger partial charge in [0.25, 0.3) is 5.56 Å². The molecule has 8 N–H and O–H groups in total. The van der Waals surface area contributed by atoms with E-state index >= 15 is 0 Å². The second kappa shape index (κ2) is 24.4. The van der Waals surface area contributed by atoms with Crippen LogP contribution in [0, 0.1) is 11.8 Å². The number of phosphoric ester groups is 1. The predicted molar refractivity (Wildman–Crippen MR) is 230 cm³/mol. The van der Waals surface area contributed by atoms with Gasteiger partial charge < -0.3 is 59.1 Å². The number of hydrogen-bond donors (Lipinski definition) is 7. The summed E-state index contributed by atoms with van der Waals surface area (Å²) in [6.45, 7) is 5.79. The van der Waals surface area contributed by atoms with Crippen LogP contribution in [0.15, 0.2) is 17.1 Å². The van der Waals surface area contributed by atoms with Crippen molar-refractivity contribution < 1.29 is 75.0 Å². The number of ether oxygens (including phenoxy) is 4. The van der Waals surface area contributed by atoms with Crippen molar-refractivity contribution in [3.63, 3.8) is 0 Å². The van der Waals surface area contributed by atoms with Crippen LogP contribution in [-0.2, 0) is 76.0 Å². The molecule has 60 heavy (non-hydrogen) atoms. The molecule has 21 nitrogen and oxygen atoms in total. The number of nitrogens with two attached hydrogens (primary N) is 1. The smallest absolute Gasteiger partial charge is 0.466 e. The summed E-state index contributed by atoms with van der Waals surface area (Å²) in [4.78, 5) is 76.1. The lowest BCUT2D eigenvalue weighted by Gasteiger charge is -2.22. The van der Waals surface area contributed by atoms with Crippen molar-refractivity contribution in [2.45, 2.75) is 88.9 Å². The summed E-state index contributed by atoms with van der Waals surface area (Å²) in [6, 6.07) is 1.48. The molecule has 0 aliphatic carbocycles. The third-order valence-electron chi connectivity index (χ3n) is 8.07. The van der Waals surface area contributed by atoms with Crippen molar-refractivity contribution in [3.05, 3.63) is 28.2 Å². The van der Waals surface area contributed by atoms with Crippen LogP contribution in [0.2, 0.25) is 0 Å². The third-order valence-corrected chi connectivity index (χ3v) is 15.7. The van der Waals surface area contributed by atoms with Crippen molar-refractivity contribution in [2.75, 3.05) is 50.2 Å². The summed E-state index contributed by atoms with van der Waals surface area (Å²) in [5, 5.41) is 2.92. The van der Waals surface area contributed by atoms with Crippen molar-refractivity contribution >= 4 is 94.3 Å². The summed E-state index contributed by atoms with van der Waals surface area (Å²) < 4.78 is 71.7. The second-order valence-corrected chi connectivity index (χ2v) is 24.2. The minimum Gasteiger partial charge on any atom is -0.466 e. The number of nitrogens with one attached hydrogen (secondary N) is 2. The number of aromatic amines is 1. The van der Waals surface area contributed by atoms with Gasteiger partial charge in [-0.05, 0) is 50.6 Å². The van der Waals surface area contributed by atoms with Gasteiger partial charge in [-0.15, -0.1) is 0 Å². The highest BCUT2D eigenvalue weighted by molar-refractivity contribution is 8.77. The first-order valence-electron chi connectivity index (χ1n) is 18.1. The highest BCUT2D eigenvalue weighted by Crippen LogP contribution is 2.66. The molecule has 1 aliphatic rings. The number of rotatable bonds is 26. The summed E-state index contributed by atoms with van der Waals surface area (Å²) in [6.07, 6.45) is 4.83. The maximum Gasteiger partial charge on any atom is 0.490 e. The van der Waals surface area contributed by atoms with E-state index in [9.17, 15) is 37.9 Å². The molecule has 1 saturated heterocycles. The molecule has 3 unspecified atom stereocenters. The van der Waals surface area contributed by atoms with E-state index in [2.05, 4.69) is 44.6 Å². The van der Waals surface area contributed by atoms with Gasteiger partial charge in [0.15, 0.2) is 0 Å². The number of unbranched alkanes of at least 4 members (excludes halogenated alkanes) is 3. The number of esters is 1. The molecule has 0 saturated carbocycles. The number of carbonyl (C=O) groups excluding carboxylic acids is 2. The molecule has 2 aromatic heterocycles. The SMILES string of the molecule is CC(=O)OCCC(C)(C)SSCOCCCCCCC(=O)NCC#Cc1cn([C@H]2C[C@@H](OCS(C)=S)[C@@H](COP(=O)(O)OP(=O)(O)OP(=O)(O)O)O2)c2cc(N)[nH]c(=O)c12. The van der Waals surface area contributed by atoms with Crippen LogP contribution in [-0.4, -0.2) is 102 Å². The Morgan fingerprint density at radius 2 is 1.85 bits per heavy atom. The van der Waals surface area contributed by atoms with Crippen molar-refractivity contribution in [1.29, 1.82) is 0 Å². The Morgan fingerprint density at radius 3 is 2.53 bits per heavy atom. The number of aromatic nitrogens is 2. The van der Waals surface area contributed by atoms with Crippen LogP contribution in [0.1, 0.15) is 77.5 Å². The number of carbonyl (C=O) groups is 2. The first-order chi connectivity index (χ1) is 28.0. The molecular weight excluding hydrogens is 934 g/mol. The molecular formula is C32H51N4O17P3S4. The number of hydrogen-bond acceptors (Lipinski definition) is 17. The van der Waals surface area contributed by atoms with Gasteiger partial charge in [-0.2, -0.15) is 8.62 Å². The number of pyridine rings is 1.